The van der Waals surface area contributed by atoms with Crippen molar-refractivity contribution >= 4 is 11.8 Å². The lowest BCUT2D eigenvalue weighted by atomic mass is 10.1. The zero-order chi connectivity index (χ0) is 10.7. The summed E-state index contributed by atoms with van der Waals surface area (Å²) < 4.78 is 0. The van der Waals surface area contributed by atoms with Crippen molar-refractivity contribution in [3.63, 3.8) is 0 Å². The Labute approximate surface area is 89.0 Å². The van der Waals surface area contributed by atoms with Gasteiger partial charge in [0.1, 0.15) is 6.04 Å². The highest BCUT2D eigenvalue weighted by Crippen LogP contribution is 2.07. The van der Waals surface area contributed by atoms with Crippen LogP contribution in [0.25, 0.3) is 0 Å². The van der Waals surface area contributed by atoms with Gasteiger partial charge in [0.2, 0.25) is 11.8 Å². The maximum Gasteiger partial charge on any atom is 0.242 e. The Morgan fingerprint density at radius 3 is 2.73 bits per heavy atom. The third-order valence-corrected chi connectivity index (χ3v) is 2.98. The van der Waals surface area contributed by atoms with Gasteiger partial charge in [-0.3, -0.25) is 9.59 Å². The molecule has 2 rings (SSSR count). The molecule has 15 heavy (non-hydrogen) atoms. The van der Waals surface area contributed by atoms with Gasteiger partial charge in [0, 0.05) is 6.54 Å². The van der Waals surface area contributed by atoms with Gasteiger partial charge in [-0.15, -0.1) is 0 Å². The molecule has 5 nitrogen and oxygen atoms in total. The summed E-state index contributed by atoms with van der Waals surface area (Å²) in [7, 11) is 0. The number of piperidine rings is 1. The number of rotatable bonds is 2. The molecule has 84 valence electrons. The van der Waals surface area contributed by atoms with E-state index in [1.165, 1.54) is 0 Å². The topological polar surface area (TPSA) is 70.2 Å². The second kappa shape index (κ2) is 4.61. The van der Waals surface area contributed by atoms with Gasteiger partial charge in [-0.05, 0) is 32.2 Å². The van der Waals surface area contributed by atoms with E-state index < -0.39 is 0 Å². The summed E-state index contributed by atoms with van der Waals surface area (Å²) in [5.74, 6) is -0.0813. The van der Waals surface area contributed by atoms with Crippen LogP contribution in [0.15, 0.2) is 0 Å². The Morgan fingerprint density at radius 1 is 1.27 bits per heavy atom. The molecule has 2 unspecified atom stereocenters. The molecule has 2 amide bonds. The van der Waals surface area contributed by atoms with E-state index in [9.17, 15) is 9.59 Å². The molecule has 2 heterocycles. The average Bonchev–Trinajstić information content (AvgIpc) is 2.74. The van der Waals surface area contributed by atoms with Crippen LogP contribution < -0.4 is 16.0 Å². The lowest BCUT2D eigenvalue weighted by Crippen LogP contribution is -2.53. The highest BCUT2D eigenvalue weighted by atomic mass is 16.2. The minimum Gasteiger partial charge on any atom is -0.354 e. The van der Waals surface area contributed by atoms with E-state index in [1.54, 1.807) is 0 Å². The van der Waals surface area contributed by atoms with E-state index in [0.29, 0.717) is 0 Å². The lowest BCUT2D eigenvalue weighted by Gasteiger charge is -2.24. The number of hydrogen-bond donors (Lipinski definition) is 3. The minimum atomic E-state index is -0.325. The van der Waals surface area contributed by atoms with Crippen LogP contribution in [0.1, 0.15) is 25.7 Å². The number of carbonyl (C=O) groups is 2. The van der Waals surface area contributed by atoms with Crippen molar-refractivity contribution in [1.82, 2.24) is 16.0 Å². The van der Waals surface area contributed by atoms with Gasteiger partial charge in [-0.2, -0.15) is 0 Å². The summed E-state index contributed by atoms with van der Waals surface area (Å²) in [4.78, 5) is 23.1. The molecular formula is C10H17N3O2. The molecule has 2 aliphatic heterocycles. The molecule has 2 aliphatic rings. The van der Waals surface area contributed by atoms with Crippen molar-refractivity contribution in [2.75, 3.05) is 13.1 Å². The molecule has 0 radical (unpaired) electrons. The zero-order valence-electron chi connectivity index (χ0n) is 8.71. The van der Waals surface area contributed by atoms with Crippen molar-refractivity contribution < 1.29 is 9.59 Å². The van der Waals surface area contributed by atoms with Crippen LogP contribution in [0, 0.1) is 0 Å². The first-order valence-electron chi connectivity index (χ1n) is 5.59. The first-order chi connectivity index (χ1) is 7.27. The zero-order valence-corrected chi connectivity index (χ0v) is 8.71. The highest BCUT2D eigenvalue weighted by Gasteiger charge is 2.28. The predicted molar refractivity (Wildman–Crippen MR) is 55.2 cm³/mol. The molecule has 0 bridgehead atoms. The van der Waals surface area contributed by atoms with Crippen LogP contribution in [0.4, 0.5) is 0 Å². The van der Waals surface area contributed by atoms with Gasteiger partial charge in [0.05, 0.1) is 6.04 Å². The monoisotopic (exact) mass is 211 g/mol. The normalized spacial score (nSPS) is 31.1. The molecule has 0 aromatic rings. The van der Waals surface area contributed by atoms with Gasteiger partial charge >= 0.3 is 0 Å². The van der Waals surface area contributed by atoms with Crippen molar-refractivity contribution in [2.24, 2.45) is 0 Å². The van der Waals surface area contributed by atoms with Crippen LogP contribution in [0.2, 0.25) is 0 Å². The first kappa shape index (κ1) is 10.4. The maximum atomic E-state index is 11.7. The summed E-state index contributed by atoms with van der Waals surface area (Å²) in [6.45, 7) is 1.63. The number of nitrogens with one attached hydrogen (secondary N) is 3. The average molecular weight is 211 g/mol. The highest BCUT2D eigenvalue weighted by molar-refractivity contribution is 5.90. The Morgan fingerprint density at radius 2 is 2.07 bits per heavy atom. The summed E-state index contributed by atoms with van der Waals surface area (Å²) in [6, 6.07) is -0.423. The van der Waals surface area contributed by atoms with E-state index in [-0.39, 0.29) is 23.9 Å². The van der Waals surface area contributed by atoms with Gasteiger partial charge in [0.15, 0.2) is 0 Å². The summed E-state index contributed by atoms with van der Waals surface area (Å²) >= 11 is 0. The molecule has 2 saturated heterocycles. The van der Waals surface area contributed by atoms with Crippen LogP contribution in [0.5, 0.6) is 0 Å². The SMILES string of the molecule is O=C(NC1CCCNC1=O)C1CCCN1. The number of carbonyl (C=O) groups excluding carboxylic acids is 2. The van der Waals surface area contributed by atoms with Crippen molar-refractivity contribution in [2.45, 2.75) is 37.8 Å². The third kappa shape index (κ3) is 2.47. The van der Waals surface area contributed by atoms with Crippen molar-refractivity contribution in [3.05, 3.63) is 0 Å². The predicted octanol–water partition coefficient (Wildman–Crippen LogP) is -0.867. The van der Waals surface area contributed by atoms with E-state index in [1.807, 2.05) is 0 Å². The molecular weight excluding hydrogens is 194 g/mol. The quantitative estimate of drug-likeness (QED) is 0.556. The summed E-state index contributed by atoms with van der Waals surface area (Å²) in [5, 5.41) is 8.67. The smallest absolute Gasteiger partial charge is 0.242 e. The van der Waals surface area contributed by atoms with E-state index in [0.717, 1.165) is 38.8 Å². The molecule has 0 aromatic carbocycles. The molecule has 3 N–H and O–H groups in total. The van der Waals surface area contributed by atoms with E-state index >= 15 is 0 Å². The van der Waals surface area contributed by atoms with E-state index in [4.69, 9.17) is 0 Å². The van der Waals surface area contributed by atoms with Crippen molar-refractivity contribution in [3.8, 4) is 0 Å². The van der Waals surface area contributed by atoms with Gasteiger partial charge in [0.25, 0.3) is 0 Å². The fourth-order valence-electron chi connectivity index (χ4n) is 2.09. The minimum absolute atomic E-state index is 0.0328. The van der Waals surface area contributed by atoms with Gasteiger partial charge < -0.3 is 16.0 Å². The number of hydrogen-bond acceptors (Lipinski definition) is 3. The lowest BCUT2D eigenvalue weighted by molar-refractivity contribution is -0.130. The van der Waals surface area contributed by atoms with E-state index in [2.05, 4.69) is 16.0 Å². The fraction of sp³-hybridized carbons (Fsp3) is 0.800. The Kier molecular flexibility index (Phi) is 3.20. The first-order valence-corrected chi connectivity index (χ1v) is 5.59. The second-order valence-corrected chi connectivity index (χ2v) is 4.14. The largest absolute Gasteiger partial charge is 0.354 e. The van der Waals surface area contributed by atoms with Crippen molar-refractivity contribution in [1.29, 1.82) is 0 Å². The summed E-state index contributed by atoms with van der Waals surface area (Å²) in [6.07, 6.45) is 3.61. The molecule has 0 aliphatic carbocycles. The molecule has 5 heteroatoms. The van der Waals surface area contributed by atoms with Crippen LogP contribution in [-0.2, 0) is 9.59 Å². The third-order valence-electron chi connectivity index (χ3n) is 2.98. The standard InChI is InChI=1S/C10H17N3O2/c14-9-8(4-2-6-12-9)13-10(15)7-3-1-5-11-7/h7-8,11H,1-6H2,(H,12,14)(H,13,15). The fourth-order valence-corrected chi connectivity index (χ4v) is 2.09. The second-order valence-electron chi connectivity index (χ2n) is 4.14. The molecule has 2 fully saturated rings. The van der Waals surface area contributed by atoms with Crippen LogP contribution in [0.3, 0.4) is 0 Å². The van der Waals surface area contributed by atoms with Gasteiger partial charge in [-0.1, -0.05) is 0 Å². The Bertz CT molecular complexity index is 261. The maximum absolute atomic E-state index is 11.7. The molecule has 0 saturated carbocycles. The Hall–Kier alpha value is -1.10. The van der Waals surface area contributed by atoms with Gasteiger partial charge in [-0.25, -0.2) is 0 Å². The number of amides is 2. The van der Waals surface area contributed by atoms with Crippen LogP contribution in [-0.4, -0.2) is 37.0 Å². The molecule has 2 atom stereocenters. The summed E-state index contributed by atoms with van der Waals surface area (Å²) in [5.41, 5.74) is 0. The molecule has 0 spiro atoms. The van der Waals surface area contributed by atoms with Crippen LogP contribution >= 0.6 is 0 Å². The Balaban J connectivity index is 1.84. The molecule has 0 aromatic heterocycles.